The quantitative estimate of drug-likeness (QED) is 0.595. The van der Waals surface area contributed by atoms with Crippen LogP contribution in [-0.2, 0) is 11.3 Å². The van der Waals surface area contributed by atoms with E-state index in [1.165, 1.54) is 16.7 Å². The third kappa shape index (κ3) is 4.41. The molecule has 1 aliphatic heterocycles. The summed E-state index contributed by atoms with van der Waals surface area (Å²) in [5.74, 6) is 1.79. The molecule has 0 saturated carbocycles. The number of thiophene rings is 1. The molecule has 146 valence electrons. The highest BCUT2D eigenvalue weighted by atomic mass is 32.1. The Morgan fingerprint density at radius 3 is 2.79 bits per heavy atom. The van der Waals surface area contributed by atoms with E-state index >= 15 is 0 Å². The second-order valence-electron chi connectivity index (χ2n) is 7.29. The molecule has 0 radical (unpaired) electrons. The molecular weight excluding hydrogens is 368 g/mol. The van der Waals surface area contributed by atoms with Gasteiger partial charge < -0.3 is 15.0 Å². The van der Waals surface area contributed by atoms with Crippen molar-refractivity contribution in [2.45, 2.75) is 19.4 Å². The third-order valence-electron chi connectivity index (χ3n) is 4.82. The summed E-state index contributed by atoms with van der Waals surface area (Å²) in [6.07, 6.45) is 4.25. The average Bonchev–Trinajstić information content (AvgIpc) is 3.13. The summed E-state index contributed by atoms with van der Waals surface area (Å²) in [6, 6.07) is 10.5. The van der Waals surface area contributed by atoms with Crippen LogP contribution in [-0.4, -0.2) is 48.7 Å². The number of nitrogens with zero attached hydrogens (tertiary/aromatic N) is 3. The van der Waals surface area contributed by atoms with Gasteiger partial charge in [0.15, 0.2) is 0 Å². The van der Waals surface area contributed by atoms with Crippen LogP contribution in [0, 0.1) is 0 Å². The predicted octanol–water partition coefficient (Wildman–Crippen LogP) is 4.57. The highest BCUT2D eigenvalue weighted by Gasteiger charge is 2.16. The minimum atomic E-state index is 0.728. The predicted molar refractivity (Wildman–Crippen MR) is 117 cm³/mol. The SMILES string of the molecule is CN(C)Cc1nc(NCCC2=CCOCC2)c2c(-c3ccccc3)csc2n1. The largest absolute Gasteiger partial charge is 0.377 e. The second-order valence-corrected chi connectivity index (χ2v) is 8.14. The molecule has 1 aromatic carbocycles. The Morgan fingerprint density at radius 2 is 2.04 bits per heavy atom. The van der Waals surface area contributed by atoms with Crippen LogP contribution in [0.2, 0.25) is 0 Å². The molecule has 0 atom stereocenters. The maximum Gasteiger partial charge on any atom is 0.146 e. The number of fused-ring (bicyclic) bond motifs is 1. The van der Waals surface area contributed by atoms with E-state index in [1.54, 1.807) is 11.3 Å². The van der Waals surface area contributed by atoms with Gasteiger partial charge in [0.2, 0.25) is 0 Å². The van der Waals surface area contributed by atoms with E-state index in [0.717, 1.165) is 61.0 Å². The van der Waals surface area contributed by atoms with Gasteiger partial charge in [0.1, 0.15) is 16.5 Å². The lowest BCUT2D eigenvalue weighted by molar-refractivity contribution is 0.153. The summed E-state index contributed by atoms with van der Waals surface area (Å²) in [7, 11) is 4.09. The zero-order valence-corrected chi connectivity index (χ0v) is 17.3. The van der Waals surface area contributed by atoms with Crippen molar-refractivity contribution in [1.82, 2.24) is 14.9 Å². The van der Waals surface area contributed by atoms with Crippen LogP contribution < -0.4 is 5.32 Å². The van der Waals surface area contributed by atoms with Gasteiger partial charge in [-0.3, -0.25) is 0 Å². The standard InChI is InChI=1S/C22H26N4OS/c1-26(2)14-19-24-21(23-11-8-16-9-12-27-13-10-16)20-18(15-28-22(20)25-19)17-6-4-3-5-7-17/h3-7,9,15H,8,10-14H2,1-2H3,(H,23,24,25). The Bertz CT molecular complexity index is 965. The number of benzene rings is 1. The molecule has 0 amide bonds. The van der Waals surface area contributed by atoms with Crippen molar-refractivity contribution >= 4 is 27.4 Å². The molecule has 0 unspecified atom stereocenters. The van der Waals surface area contributed by atoms with Crippen molar-refractivity contribution in [2.75, 3.05) is 39.2 Å². The smallest absolute Gasteiger partial charge is 0.146 e. The minimum absolute atomic E-state index is 0.728. The molecule has 4 rings (SSSR count). The van der Waals surface area contributed by atoms with E-state index in [-0.39, 0.29) is 0 Å². The Balaban J connectivity index is 1.66. The zero-order valence-electron chi connectivity index (χ0n) is 16.4. The van der Waals surface area contributed by atoms with Crippen molar-refractivity contribution in [2.24, 2.45) is 0 Å². The maximum atomic E-state index is 5.41. The molecule has 1 N–H and O–H groups in total. The first-order chi connectivity index (χ1) is 13.7. The molecule has 0 bridgehead atoms. The molecular formula is C22H26N4OS. The number of ether oxygens (including phenoxy) is 1. The normalized spacial score (nSPS) is 14.5. The number of hydrogen-bond donors (Lipinski definition) is 1. The maximum absolute atomic E-state index is 5.41. The van der Waals surface area contributed by atoms with Crippen molar-refractivity contribution < 1.29 is 4.74 Å². The fraction of sp³-hybridized carbons (Fsp3) is 0.364. The van der Waals surface area contributed by atoms with E-state index in [2.05, 4.69) is 45.9 Å². The topological polar surface area (TPSA) is 50.3 Å². The highest BCUT2D eigenvalue weighted by molar-refractivity contribution is 7.17. The summed E-state index contributed by atoms with van der Waals surface area (Å²) in [5, 5.41) is 6.92. The van der Waals surface area contributed by atoms with Crippen LogP contribution in [0.1, 0.15) is 18.7 Å². The average molecular weight is 395 g/mol. The van der Waals surface area contributed by atoms with E-state index in [4.69, 9.17) is 14.7 Å². The Labute approximate surface area is 170 Å². The summed E-state index contributed by atoms with van der Waals surface area (Å²) in [4.78, 5) is 12.8. The van der Waals surface area contributed by atoms with Gasteiger partial charge >= 0.3 is 0 Å². The van der Waals surface area contributed by atoms with Gasteiger partial charge in [-0.15, -0.1) is 11.3 Å². The van der Waals surface area contributed by atoms with Gasteiger partial charge in [0.05, 0.1) is 25.1 Å². The van der Waals surface area contributed by atoms with Gasteiger partial charge in [-0.1, -0.05) is 42.0 Å². The summed E-state index contributed by atoms with van der Waals surface area (Å²) in [6.45, 7) is 3.16. The lowest BCUT2D eigenvalue weighted by Gasteiger charge is -2.15. The van der Waals surface area contributed by atoms with Gasteiger partial charge in [-0.25, -0.2) is 9.97 Å². The van der Waals surface area contributed by atoms with Crippen LogP contribution in [0.4, 0.5) is 5.82 Å². The lowest BCUT2D eigenvalue weighted by Crippen LogP contribution is -2.15. The second kappa shape index (κ2) is 8.82. The Morgan fingerprint density at radius 1 is 1.18 bits per heavy atom. The number of rotatable bonds is 7. The van der Waals surface area contributed by atoms with Crippen LogP contribution >= 0.6 is 11.3 Å². The van der Waals surface area contributed by atoms with Gasteiger partial charge in [-0.2, -0.15) is 0 Å². The van der Waals surface area contributed by atoms with Gasteiger partial charge in [0, 0.05) is 17.5 Å². The molecule has 0 aliphatic carbocycles. The monoisotopic (exact) mass is 394 g/mol. The van der Waals surface area contributed by atoms with Crippen LogP contribution in [0.3, 0.4) is 0 Å². The number of anilines is 1. The van der Waals surface area contributed by atoms with Crippen molar-refractivity contribution in [3.63, 3.8) is 0 Å². The fourth-order valence-corrected chi connectivity index (χ4v) is 4.40. The van der Waals surface area contributed by atoms with Crippen LogP contribution in [0.25, 0.3) is 21.3 Å². The Kier molecular flexibility index (Phi) is 6.00. The van der Waals surface area contributed by atoms with Crippen LogP contribution in [0.5, 0.6) is 0 Å². The van der Waals surface area contributed by atoms with Gasteiger partial charge in [-0.05, 0) is 32.5 Å². The molecule has 6 heteroatoms. The summed E-state index contributed by atoms with van der Waals surface area (Å²) in [5.41, 5.74) is 3.86. The zero-order chi connectivity index (χ0) is 19.3. The van der Waals surface area contributed by atoms with Crippen LogP contribution in [0.15, 0.2) is 47.4 Å². The molecule has 0 fully saturated rings. The molecule has 2 aromatic heterocycles. The molecule has 1 aliphatic rings. The highest BCUT2D eigenvalue weighted by Crippen LogP contribution is 2.37. The Hall–Kier alpha value is -2.28. The van der Waals surface area contributed by atoms with Gasteiger partial charge in [0.25, 0.3) is 0 Å². The van der Waals surface area contributed by atoms with E-state index in [0.29, 0.717) is 0 Å². The van der Waals surface area contributed by atoms with Crippen molar-refractivity contribution in [1.29, 1.82) is 0 Å². The minimum Gasteiger partial charge on any atom is -0.377 e. The van der Waals surface area contributed by atoms with Crippen molar-refractivity contribution in [3.05, 3.63) is 53.2 Å². The number of nitrogens with one attached hydrogen (secondary N) is 1. The molecule has 3 aromatic rings. The summed E-state index contributed by atoms with van der Waals surface area (Å²) < 4.78 is 5.41. The fourth-order valence-electron chi connectivity index (χ4n) is 3.43. The molecule has 0 spiro atoms. The number of aromatic nitrogens is 2. The molecule has 3 heterocycles. The summed E-state index contributed by atoms with van der Waals surface area (Å²) >= 11 is 1.69. The molecule has 0 saturated heterocycles. The first-order valence-corrected chi connectivity index (χ1v) is 10.6. The van der Waals surface area contributed by atoms with E-state index in [1.807, 2.05) is 20.2 Å². The molecule has 5 nitrogen and oxygen atoms in total. The third-order valence-corrected chi connectivity index (χ3v) is 5.69. The van der Waals surface area contributed by atoms with E-state index in [9.17, 15) is 0 Å². The first-order valence-electron chi connectivity index (χ1n) is 9.68. The van der Waals surface area contributed by atoms with Crippen molar-refractivity contribution in [3.8, 4) is 11.1 Å². The number of hydrogen-bond acceptors (Lipinski definition) is 6. The lowest BCUT2D eigenvalue weighted by atomic mass is 10.1. The first kappa shape index (κ1) is 19.1. The molecule has 28 heavy (non-hydrogen) atoms. The van der Waals surface area contributed by atoms with E-state index < -0.39 is 0 Å².